The van der Waals surface area contributed by atoms with Crippen LogP contribution in [0.25, 0.3) is 0 Å². The Bertz CT molecular complexity index is 162. The highest BCUT2D eigenvalue weighted by atomic mass is 16.5. The van der Waals surface area contributed by atoms with Crippen LogP contribution in [-0.2, 0) is 4.74 Å². The lowest BCUT2D eigenvalue weighted by Gasteiger charge is -2.41. The molecule has 0 aromatic rings. The fraction of sp³-hybridized carbons (Fsp3) is 1.00. The molecular formula is C11H25N3O. The van der Waals surface area contributed by atoms with E-state index in [4.69, 9.17) is 10.5 Å². The van der Waals surface area contributed by atoms with Gasteiger partial charge < -0.3 is 20.7 Å². The van der Waals surface area contributed by atoms with E-state index in [9.17, 15) is 0 Å². The first-order valence-electron chi connectivity index (χ1n) is 5.93. The summed E-state index contributed by atoms with van der Waals surface area (Å²) in [7, 11) is 1.73. The molecule has 0 spiro atoms. The highest BCUT2D eigenvalue weighted by Crippen LogP contribution is 2.20. The normalized spacial score (nSPS) is 21.8. The van der Waals surface area contributed by atoms with Crippen molar-refractivity contribution < 1.29 is 4.74 Å². The molecule has 1 rings (SSSR count). The summed E-state index contributed by atoms with van der Waals surface area (Å²) in [5.74, 6) is 0. The van der Waals surface area contributed by atoms with Gasteiger partial charge >= 0.3 is 0 Å². The van der Waals surface area contributed by atoms with Crippen molar-refractivity contribution in [3.05, 3.63) is 0 Å². The lowest BCUT2D eigenvalue weighted by atomic mass is 9.87. The van der Waals surface area contributed by atoms with Crippen LogP contribution in [0.15, 0.2) is 0 Å². The van der Waals surface area contributed by atoms with Gasteiger partial charge in [0.2, 0.25) is 0 Å². The molecule has 0 aliphatic carbocycles. The Kier molecular flexibility index (Phi) is 5.53. The van der Waals surface area contributed by atoms with Gasteiger partial charge in [-0.05, 0) is 32.5 Å². The van der Waals surface area contributed by atoms with Gasteiger partial charge in [-0.1, -0.05) is 6.92 Å². The van der Waals surface area contributed by atoms with Crippen molar-refractivity contribution in [2.75, 3.05) is 46.4 Å². The van der Waals surface area contributed by atoms with Gasteiger partial charge in [-0.2, -0.15) is 0 Å². The minimum atomic E-state index is 0.157. The zero-order valence-electron chi connectivity index (χ0n) is 10.1. The number of nitrogens with two attached hydrogens (primary N) is 1. The van der Waals surface area contributed by atoms with E-state index in [1.54, 1.807) is 7.11 Å². The van der Waals surface area contributed by atoms with Crippen molar-refractivity contribution in [3.8, 4) is 0 Å². The van der Waals surface area contributed by atoms with Gasteiger partial charge in [-0.25, -0.2) is 0 Å². The third-order valence-electron chi connectivity index (χ3n) is 3.46. The number of rotatable bonds is 6. The molecule has 1 heterocycles. The summed E-state index contributed by atoms with van der Waals surface area (Å²) in [6.07, 6.45) is 2.31. The molecule has 3 N–H and O–H groups in total. The Morgan fingerprint density at radius 3 is 2.53 bits per heavy atom. The van der Waals surface area contributed by atoms with Crippen LogP contribution in [0.4, 0.5) is 0 Å². The van der Waals surface area contributed by atoms with Crippen LogP contribution in [0, 0.1) is 0 Å². The number of hydrogen-bond acceptors (Lipinski definition) is 4. The number of piperidine rings is 1. The van der Waals surface area contributed by atoms with Gasteiger partial charge in [0.15, 0.2) is 0 Å². The smallest absolute Gasteiger partial charge is 0.0587 e. The van der Waals surface area contributed by atoms with E-state index < -0.39 is 0 Å². The molecule has 0 bridgehead atoms. The number of ether oxygens (including phenoxy) is 1. The molecule has 0 saturated carbocycles. The van der Waals surface area contributed by atoms with E-state index in [0.29, 0.717) is 0 Å². The number of methoxy groups -OCH3 is 1. The standard InChI is InChI=1S/C11H25N3O/c1-3-14-7-4-11(10-12,5-8-14)13-6-9-15-2/h13H,3-10,12H2,1-2H3. The molecule has 0 amide bonds. The van der Waals surface area contributed by atoms with Crippen molar-refractivity contribution in [2.45, 2.75) is 25.3 Å². The molecule has 1 aliphatic heterocycles. The first kappa shape index (κ1) is 12.9. The van der Waals surface area contributed by atoms with E-state index in [1.807, 2.05) is 0 Å². The second-order valence-corrected chi connectivity index (χ2v) is 4.34. The van der Waals surface area contributed by atoms with E-state index in [0.717, 1.165) is 52.2 Å². The van der Waals surface area contributed by atoms with Gasteiger partial charge in [0.05, 0.1) is 6.61 Å². The molecule has 0 unspecified atom stereocenters. The third kappa shape index (κ3) is 3.72. The fourth-order valence-corrected chi connectivity index (χ4v) is 2.17. The monoisotopic (exact) mass is 215 g/mol. The van der Waals surface area contributed by atoms with Gasteiger partial charge in [0.25, 0.3) is 0 Å². The van der Waals surface area contributed by atoms with E-state index in [-0.39, 0.29) is 5.54 Å². The fourth-order valence-electron chi connectivity index (χ4n) is 2.17. The molecule has 15 heavy (non-hydrogen) atoms. The number of nitrogens with zero attached hydrogens (tertiary/aromatic N) is 1. The van der Waals surface area contributed by atoms with Crippen molar-refractivity contribution in [2.24, 2.45) is 5.73 Å². The van der Waals surface area contributed by atoms with Crippen LogP contribution >= 0.6 is 0 Å². The maximum absolute atomic E-state index is 5.89. The van der Waals surface area contributed by atoms with Crippen molar-refractivity contribution >= 4 is 0 Å². The Hall–Kier alpha value is -0.160. The molecule has 0 radical (unpaired) electrons. The van der Waals surface area contributed by atoms with Crippen LogP contribution < -0.4 is 11.1 Å². The average Bonchev–Trinajstić information content (AvgIpc) is 2.30. The third-order valence-corrected chi connectivity index (χ3v) is 3.46. The molecule has 0 aromatic carbocycles. The Labute approximate surface area is 93.1 Å². The van der Waals surface area contributed by atoms with Crippen LogP contribution in [0.1, 0.15) is 19.8 Å². The first-order chi connectivity index (χ1) is 7.26. The maximum Gasteiger partial charge on any atom is 0.0587 e. The minimum Gasteiger partial charge on any atom is -0.383 e. The number of likely N-dealkylation sites (tertiary alicyclic amines) is 1. The van der Waals surface area contributed by atoms with Crippen LogP contribution in [0.2, 0.25) is 0 Å². The molecule has 0 aromatic heterocycles. The first-order valence-corrected chi connectivity index (χ1v) is 5.93. The lowest BCUT2D eigenvalue weighted by molar-refractivity contribution is 0.128. The lowest BCUT2D eigenvalue weighted by Crippen LogP contribution is -2.58. The quantitative estimate of drug-likeness (QED) is 0.614. The van der Waals surface area contributed by atoms with Crippen molar-refractivity contribution in [1.29, 1.82) is 0 Å². The highest BCUT2D eigenvalue weighted by molar-refractivity contribution is 4.93. The summed E-state index contributed by atoms with van der Waals surface area (Å²) >= 11 is 0. The summed E-state index contributed by atoms with van der Waals surface area (Å²) in [6.45, 7) is 8.08. The SMILES string of the molecule is CCN1CCC(CN)(NCCOC)CC1. The number of nitrogens with one attached hydrogen (secondary N) is 1. The summed E-state index contributed by atoms with van der Waals surface area (Å²) in [6, 6.07) is 0. The molecule has 1 aliphatic rings. The molecule has 1 saturated heterocycles. The summed E-state index contributed by atoms with van der Waals surface area (Å²) < 4.78 is 5.05. The predicted molar refractivity (Wildman–Crippen MR) is 63.0 cm³/mol. The minimum absolute atomic E-state index is 0.157. The molecule has 1 fully saturated rings. The zero-order valence-corrected chi connectivity index (χ0v) is 10.1. The van der Waals surface area contributed by atoms with Crippen LogP contribution in [0.3, 0.4) is 0 Å². The summed E-state index contributed by atoms with van der Waals surface area (Å²) in [5.41, 5.74) is 6.04. The van der Waals surface area contributed by atoms with Crippen molar-refractivity contribution in [1.82, 2.24) is 10.2 Å². The Balaban J connectivity index is 2.34. The highest BCUT2D eigenvalue weighted by Gasteiger charge is 2.31. The van der Waals surface area contributed by atoms with E-state index in [2.05, 4.69) is 17.1 Å². The van der Waals surface area contributed by atoms with Crippen LogP contribution in [-0.4, -0.2) is 56.9 Å². The molecule has 0 atom stereocenters. The number of hydrogen-bond donors (Lipinski definition) is 2. The summed E-state index contributed by atoms with van der Waals surface area (Å²) in [5, 5.41) is 3.55. The van der Waals surface area contributed by atoms with E-state index >= 15 is 0 Å². The van der Waals surface area contributed by atoms with Gasteiger partial charge in [-0.15, -0.1) is 0 Å². The summed E-state index contributed by atoms with van der Waals surface area (Å²) in [4.78, 5) is 2.48. The van der Waals surface area contributed by atoms with Gasteiger partial charge in [-0.3, -0.25) is 0 Å². The molecular weight excluding hydrogens is 190 g/mol. The van der Waals surface area contributed by atoms with Gasteiger partial charge in [0, 0.05) is 25.7 Å². The average molecular weight is 215 g/mol. The predicted octanol–water partition coefficient (Wildman–Crippen LogP) is 0.0356. The maximum atomic E-state index is 5.89. The Morgan fingerprint density at radius 2 is 2.07 bits per heavy atom. The van der Waals surface area contributed by atoms with Crippen molar-refractivity contribution in [3.63, 3.8) is 0 Å². The van der Waals surface area contributed by atoms with Crippen LogP contribution in [0.5, 0.6) is 0 Å². The second kappa shape index (κ2) is 6.43. The molecule has 4 heteroatoms. The van der Waals surface area contributed by atoms with E-state index in [1.165, 1.54) is 0 Å². The zero-order chi connectivity index (χ0) is 11.1. The largest absolute Gasteiger partial charge is 0.383 e. The van der Waals surface area contributed by atoms with Gasteiger partial charge in [0.1, 0.15) is 0 Å². The second-order valence-electron chi connectivity index (χ2n) is 4.34. The topological polar surface area (TPSA) is 50.5 Å². The molecule has 4 nitrogen and oxygen atoms in total. The Morgan fingerprint density at radius 1 is 1.40 bits per heavy atom. The molecule has 90 valence electrons.